The number of hydrogen-bond donors (Lipinski definition) is 1. The predicted octanol–water partition coefficient (Wildman–Crippen LogP) is 2.69. The SMILES string of the molecule is CC(=O)Oc1ccc([C@@H](N)CC(F)F)cc1.Cl. The van der Waals surface area contributed by atoms with E-state index in [0.717, 1.165) is 0 Å². The molecule has 2 N–H and O–H groups in total. The number of carbonyl (C=O) groups excluding carboxylic acids is 1. The van der Waals surface area contributed by atoms with Crippen LogP contribution in [-0.2, 0) is 4.79 Å². The summed E-state index contributed by atoms with van der Waals surface area (Å²) in [6.45, 7) is 1.29. The Morgan fingerprint density at radius 2 is 1.88 bits per heavy atom. The molecule has 1 aromatic carbocycles. The van der Waals surface area contributed by atoms with Crippen LogP contribution >= 0.6 is 12.4 Å². The Morgan fingerprint density at radius 3 is 2.29 bits per heavy atom. The molecule has 0 fully saturated rings. The monoisotopic (exact) mass is 265 g/mol. The largest absolute Gasteiger partial charge is 0.427 e. The van der Waals surface area contributed by atoms with Crippen molar-refractivity contribution in [2.75, 3.05) is 0 Å². The third kappa shape index (κ3) is 5.60. The highest BCUT2D eigenvalue weighted by Gasteiger charge is 2.12. The molecule has 1 aromatic rings. The first-order chi connectivity index (χ1) is 7.49. The molecule has 1 rings (SSSR count). The molecule has 0 unspecified atom stereocenters. The lowest BCUT2D eigenvalue weighted by Crippen LogP contribution is -2.13. The van der Waals surface area contributed by atoms with Gasteiger partial charge in [0, 0.05) is 19.4 Å². The molecule has 6 heteroatoms. The molecule has 0 saturated heterocycles. The maximum atomic E-state index is 12.1. The van der Waals surface area contributed by atoms with E-state index < -0.39 is 18.4 Å². The summed E-state index contributed by atoms with van der Waals surface area (Å²) in [5, 5.41) is 0. The van der Waals surface area contributed by atoms with Crippen molar-refractivity contribution in [2.45, 2.75) is 25.8 Å². The number of ether oxygens (including phenoxy) is 1. The van der Waals surface area contributed by atoms with E-state index in [4.69, 9.17) is 10.5 Å². The van der Waals surface area contributed by atoms with Crippen molar-refractivity contribution in [1.82, 2.24) is 0 Å². The number of nitrogens with two attached hydrogens (primary N) is 1. The van der Waals surface area contributed by atoms with Gasteiger partial charge in [-0.05, 0) is 17.7 Å². The number of esters is 1. The Morgan fingerprint density at radius 1 is 1.35 bits per heavy atom. The number of alkyl halides is 2. The summed E-state index contributed by atoms with van der Waals surface area (Å²) < 4.78 is 28.9. The van der Waals surface area contributed by atoms with Crippen LogP contribution in [0.3, 0.4) is 0 Å². The van der Waals surface area contributed by atoms with Crippen molar-refractivity contribution in [3.05, 3.63) is 29.8 Å². The zero-order chi connectivity index (χ0) is 12.1. The minimum Gasteiger partial charge on any atom is -0.427 e. The minimum atomic E-state index is -2.43. The van der Waals surface area contributed by atoms with Gasteiger partial charge < -0.3 is 10.5 Å². The molecule has 0 heterocycles. The Hall–Kier alpha value is -1.20. The molecular weight excluding hydrogens is 252 g/mol. The molecule has 0 aliphatic carbocycles. The van der Waals surface area contributed by atoms with E-state index >= 15 is 0 Å². The quantitative estimate of drug-likeness (QED) is 0.673. The smallest absolute Gasteiger partial charge is 0.308 e. The van der Waals surface area contributed by atoms with Crippen LogP contribution < -0.4 is 10.5 Å². The lowest BCUT2D eigenvalue weighted by atomic mass is 10.1. The predicted molar refractivity (Wildman–Crippen MR) is 62.5 cm³/mol. The van der Waals surface area contributed by atoms with Crippen LogP contribution in [0.1, 0.15) is 24.9 Å². The van der Waals surface area contributed by atoms with Crippen molar-refractivity contribution in [2.24, 2.45) is 5.73 Å². The van der Waals surface area contributed by atoms with E-state index in [-0.39, 0.29) is 18.8 Å². The van der Waals surface area contributed by atoms with Gasteiger partial charge in [-0.25, -0.2) is 8.78 Å². The van der Waals surface area contributed by atoms with Crippen molar-refractivity contribution in [3.8, 4) is 5.75 Å². The molecule has 1 atom stereocenters. The Bertz CT molecular complexity index is 357. The molecule has 0 amide bonds. The fourth-order valence-corrected chi connectivity index (χ4v) is 1.28. The van der Waals surface area contributed by atoms with E-state index in [2.05, 4.69) is 0 Å². The highest BCUT2D eigenvalue weighted by molar-refractivity contribution is 5.85. The van der Waals surface area contributed by atoms with Gasteiger partial charge in [0.2, 0.25) is 6.43 Å². The lowest BCUT2D eigenvalue weighted by molar-refractivity contribution is -0.131. The van der Waals surface area contributed by atoms with Gasteiger partial charge in [0.15, 0.2) is 0 Å². The number of hydrogen-bond acceptors (Lipinski definition) is 3. The summed E-state index contributed by atoms with van der Waals surface area (Å²) in [6, 6.07) is 5.51. The molecule has 17 heavy (non-hydrogen) atoms. The summed E-state index contributed by atoms with van der Waals surface area (Å²) in [5.41, 5.74) is 6.15. The average Bonchev–Trinajstić information content (AvgIpc) is 2.16. The topological polar surface area (TPSA) is 52.3 Å². The minimum absolute atomic E-state index is 0. The van der Waals surface area contributed by atoms with Crippen LogP contribution in [0.4, 0.5) is 8.78 Å². The van der Waals surface area contributed by atoms with Gasteiger partial charge in [-0.3, -0.25) is 4.79 Å². The zero-order valence-corrected chi connectivity index (χ0v) is 10.0. The molecule has 0 spiro atoms. The van der Waals surface area contributed by atoms with Gasteiger partial charge >= 0.3 is 5.97 Å². The van der Waals surface area contributed by atoms with Crippen LogP contribution in [-0.4, -0.2) is 12.4 Å². The molecule has 96 valence electrons. The molecule has 3 nitrogen and oxygen atoms in total. The summed E-state index contributed by atoms with van der Waals surface area (Å²) in [6.07, 6.45) is -2.81. The summed E-state index contributed by atoms with van der Waals surface area (Å²) in [7, 11) is 0. The number of rotatable bonds is 4. The fraction of sp³-hybridized carbons (Fsp3) is 0.364. The Balaban J connectivity index is 0.00000256. The third-order valence-corrected chi connectivity index (χ3v) is 2.00. The first kappa shape index (κ1) is 15.8. The van der Waals surface area contributed by atoms with Crippen LogP contribution in [0.5, 0.6) is 5.75 Å². The van der Waals surface area contributed by atoms with E-state index in [1.54, 1.807) is 12.1 Å². The van der Waals surface area contributed by atoms with Gasteiger partial charge in [-0.1, -0.05) is 12.1 Å². The van der Waals surface area contributed by atoms with E-state index in [0.29, 0.717) is 11.3 Å². The fourth-order valence-electron chi connectivity index (χ4n) is 1.28. The van der Waals surface area contributed by atoms with Gasteiger partial charge in [-0.15, -0.1) is 12.4 Å². The van der Waals surface area contributed by atoms with Crippen molar-refractivity contribution in [1.29, 1.82) is 0 Å². The average molecular weight is 266 g/mol. The molecule has 0 bridgehead atoms. The van der Waals surface area contributed by atoms with E-state index in [9.17, 15) is 13.6 Å². The number of halogens is 3. The highest BCUT2D eigenvalue weighted by Crippen LogP contribution is 2.20. The molecule has 0 radical (unpaired) electrons. The normalized spacial score (nSPS) is 11.8. The maximum Gasteiger partial charge on any atom is 0.308 e. The Kier molecular flexibility index (Phi) is 6.68. The van der Waals surface area contributed by atoms with E-state index in [1.807, 2.05) is 0 Å². The maximum absolute atomic E-state index is 12.1. The molecule has 0 saturated carbocycles. The van der Waals surface area contributed by atoms with Crippen molar-refractivity contribution >= 4 is 18.4 Å². The highest BCUT2D eigenvalue weighted by atomic mass is 35.5. The molecule has 0 aliphatic heterocycles. The van der Waals surface area contributed by atoms with Crippen molar-refractivity contribution < 1.29 is 18.3 Å². The van der Waals surface area contributed by atoms with E-state index in [1.165, 1.54) is 19.1 Å². The second kappa shape index (κ2) is 7.19. The first-order valence-electron chi connectivity index (χ1n) is 4.81. The number of benzene rings is 1. The van der Waals surface area contributed by atoms with Gasteiger partial charge in [0.05, 0.1) is 0 Å². The second-order valence-corrected chi connectivity index (χ2v) is 3.40. The van der Waals surface area contributed by atoms with Crippen LogP contribution in [0, 0.1) is 0 Å². The van der Waals surface area contributed by atoms with Gasteiger partial charge in [-0.2, -0.15) is 0 Å². The van der Waals surface area contributed by atoms with Crippen LogP contribution in [0.2, 0.25) is 0 Å². The summed E-state index contributed by atoms with van der Waals surface area (Å²) in [4.78, 5) is 10.6. The summed E-state index contributed by atoms with van der Waals surface area (Å²) in [5.74, 6) is -0.0508. The van der Waals surface area contributed by atoms with Crippen LogP contribution in [0.15, 0.2) is 24.3 Å². The first-order valence-corrected chi connectivity index (χ1v) is 4.81. The van der Waals surface area contributed by atoms with Gasteiger partial charge in [0.25, 0.3) is 0 Å². The molecular formula is C11H14ClF2NO2. The van der Waals surface area contributed by atoms with Gasteiger partial charge in [0.1, 0.15) is 5.75 Å². The Labute approximate surface area is 104 Å². The lowest BCUT2D eigenvalue weighted by Gasteiger charge is -2.11. The van der Waals surface area contributed by atoms with Crippen molar-refractivity contribution in [3.63, 3.8) is 0 Å². The summed E-state index contributed by atoms with van der Waals surface area (Å²) >= 11 is 0. The molecule has 0 aromatic heterocycles. The second-order valence-electron chi connectivity index (χ2n) is 3.40. The number of carbonyl (C=O) groups is 1. The zero-order valence-electron chi connectivity index (χ0n) is 9.23. The van der Waals surface area contributed by atoms with Crippen LogP contribution in [0.25, 0.3) is 0 Å². The standard InChI is InChI=1S/C11H13F2NO2.ClH/c1-7(15)16-9-4-2-8(3-5-9)10(14)6-11(12)13;/h2-5,10-11H,6,14H2,1H3;1H/t10-;/m0./s1. The third-order valence-electron chi connectivity index (χ3n) is 2.00. The molecule has 0 aliphatic rings.